The van der Waals surface area contributed by atoms with Crippen LogP contribution in [0.2, 0.25) is 0 Å². The Hall–Kier alpha value is -1.34. The zero-order valence-electron chi connectivity index (χ0n) is 9.26. The monoisotopic (exact) mass is 236 g/mol. The third-order valence-electron chi connectivity index (χ3n) is 1.62. The van der Waals surface area contributed by atoms with Gasteiger partial charge in [-0.25, -0.2) is 4.79 Å². The summed E-state index contributed by atoms with van der Waals surface area (Å²) in [6.07, 6.45) is -1.37. The van der Waals surface area contributed by atoms with Crippen LogP contribution in [0.1, 0.15) is 26.7 Å². The minimum atomic E-state index is -1.58. The number of aliphatic hydroxyl groups is 1. The number of rotatable bonds is 7. The van der Waals surface area contributed by atoms with Gasteiger partial charge in [0.05, 0.1) is 6.42 Å². The van der Waals surface area contributed by atoms with Crippen LogP contribution in [0.4, 0.5) is 4.79 Å². The van der Waals surface area contributed by atoms with E-state index in [0.717, 1.165) is 0 Å². The number of carboxylic acid groups (broad SMARTS) is 1. The Morgan fingerprint density at radius 2 is 1.94 bits per heavy atom. The van der Waals surface area contributed by atoms with Gasteiger partial charge in [-0.1, -0.05) is 0 Å². The van der Waals surface area contributed by atoms with Gasteiger partial charge in [0, 0.05) is 13.0 Å². The molecule has 0 spiro atoms. The van der Waals surface area contributed by atoms with Gasteiger partial charge in [0.15, 0.2) is 0 Å². The van der Waals surface area contributed by atoms with E-state index in [1.165, 1.54) is 0 Å². The van der Waals surface area contributed by atoms with E-state index < -0.39 is 17.7 Å². The highest BCUT2D eigenvalue weighted by Gasteiger charge is 2.21. The topological polar surface area (TPSA) is 102 Å². The summed E-state index contributed by atoms with van der Waals surface area (Å²) in [5, 5.41) is 16.7. The number of ether oxygens (including phenoxy) is 1. The maximum atomic E-state index is 11.2. The summed E-state index contributed by atoms with van der Waals surface area (Å²) < 4.78 is 5.00. The molecule has 0 aromatic carbocycles. The van der Waals surface area contributed by atoms with Gasteiger partial charge < -0.3 is 14.9 Å². The molecule has 0 fully saturated rings. The van der Waals surface area contributed by atoms with Gasteiger partial charge in [-0.3, -0.25) is 9.68 Å². The fourth-order valence-corrected chi connectivity index (χ4v) is 0.897. The molecule has 94 valence electrons. The molecule has 0 aliphatic heterocycles. The Kier molecular flexibility index (Phi) is 6.43. The second-order valence-electron chi connectivity index (χ2n) is 3.63. The minimum absolute atomic E-state index is 0.0844. The highest BCUT2D eigenvalue weighted by Crippen LogP contribution is 2.14. The first-order chi connectivity index (χ1) is 7.37. The molecule has 0 bridgehead atoms. The number of esters is 1. The van der Waals surface area contributed by atoms with Gasteiger partial charge in [0.2, 0.25) is 0 Å². The van der Waals surface area contributed by atoms with Crippen LogP contribution in [0.3, 0.4) is 0 Å². The van der Waals surface area contributed by atoms with E-state index in [1.54, 1.807) is 13.8 Å². The summed E-state index contributed by atoms with van der Waals surface area (Å²) in [4.78, 5) is 29.0. The molecular weight excluding hydrogens is 220 g/mol. The van der Waals surface area contributed by atoms with Crippen LogP contribution in [0.25, 0.3) is 0 Å². The highest BCUT2D eigenvalue weighted by molar-refractivity contribution is 5.69. The lowest BCUT2D eigenvalue weighted by Gasteiger charge is -2.23. The normalized spacial score (nSPS) is 10.9. The fraction of sp³-hybridized carbons (Fsp3) is 0.778. The van der Waals surface area contributed by atoms with Crippen LogP contribution in [0, 0.1) is 0 Å². The summed E-state index contributed by atoms with van der Waals surface area (Å²) >= 11 is 0. The van der Waals surface area contributed by atoms with E-state index in [9.17, 15) is 9.59 Å². The molecule has 0 aromatic rings. The third kappa shape index (κ3) is 8.01. The molecular formula is C9H16O7. The Morgan fingerprint density at radius 1 is 1.31 bits per heavy atom. The van der Waals surface area contributed by atoms with Gasteiger partial charge in [0.1, 0.15) is 12.2 Å². The number of carbonyl (C=O) groups excluding carboxylic acids is 1. The van der Waals surface area contributed by atoms with Crippen molar-refractivity contribution in [3.05, 3.63) is 0 Å². The molecule has 0 unspecified atom stereocenters. The lowest BCUT2D eigenvalue weighted by Crippen LogP contribution is -2.29. The zero-order chi connectivity index (χ0) is 12.6. The van der Waals surface area contributed by atoms with Crippen LogP contribution in [-0.4, -0.2) is 41.2 Å². The minimum Gasteiger partial charge on any atom is -0.459 e. The van der Waals surface area contributed by atoms with E-state index in [4.69, 9.17) is 14.9 Å². The highest BCUT2D eigenvalue weighted by atomic mass is 17.2. The summed E-state index contributed by atoms with van der Waals surface area (Å²) in [6.45, 7) is 3.03. The van der Waals surface area contributed by atoms with E-state index in [-0.39, 0.29) is 19.6 Å². The van der Waals surface area contributed by atoms with E-state index in [2.05, 4.69) is 9.78 Å². The average Bonchev–Trinajstić information content (AvgIpc) is 2.11. The van der Waals surface area contributed by atoms with Crippen molar-refractivity contribution in [3.8, 4) is 0 Å². The van der Waals surface area contributed by atoms with Gasteiger partial charge >= 0.3 is 12.1 Å². The van der Waals surface area contributed by atoms with Crippen molar-refractivity contribution in [1.82, 2.24) is 0 Å². The summed E-state index contributed by atoms with van der Waals surface area (Å²) in [5.74, 6) is -0.549. The molecule has 0 aliphatic rings. The van der Waals surface area contributed by atoms with Crippen molar-refractivity contribution in [2.75, 3.05) is 13.2 Å². The lowest BCUT2D eigenvalue weighted by atomic mass is 10.1. The van der Waals surface area contributed by atoms with Crippen LogP contribution >= 0.6 is 0 Å². The van der Waals surface area contributed by atoms with Gasteiger partial charge in [-0.2, -0.15) is 4.89 Å². The predicted molar refractivity (Wildman–Crippen MR) is 51.6 cm³/mol. The Balaban J connectivity index is 3.69. The van der Waals surface area contributed by atoms with Crippen molar-refractivity contribution >= 4 is 12.1 Å². The predicted octanol–water partition coefficient (Wildman–Crippen LogP) is 0.707. The molecule has 0 atom stereocenters. The van der Waals surface area contributed by atoms with Crippen molar-refractivity contribution in [3.63, 3.8) is 0 Å². The van der Waals surface area contributed by atoms with Crippen molar-refractivity contribution in [1.29, 1.82) is 0 Å². The van der Waals surface area contributed by atoms with Crippen LogP contribution in [-0.2, 0) is 19.3 Å². The van der Waals surface area contributed by atoms with Crippen molar-refractivity contribution < 1.29 is 34.3 Å². The van der Waals surface area contributed by atoms with Gasteiger partial charge in [-0.05, 0) is 13.8 Å². The van der Waals surface area contributed by atoms with Crippen molar-refractivity contribution in [2.24, 2.45) is 0 Å². The number of hydrogen-bond acceptors (Lipinski definition) is 6. The van der Waals surface area contributed by atoms with E-state index in [1.807, 2.05) is 0 Å². The molecule has 16 heavy (non-hydrogen) atoms. The Bertz CT molecular complexity index is 236. The second-order valence-corrected chi connectivity index (χ2v) is 3.63. The van der Waals surface area contributed by atoms with Crippen LogP contribution in [0.15, 0.2) is 0 Å². The average molecular weight is 236 g/mol. The summed E-state index contributed by atoms with van der Waals surface area (Å²) in [7, 11) is 0. The Labute approximate surface area is 92.8 Å². The fourth-order valence-electron chi connectivity index (χ4n) is 0.897. The largest absolute Gasteiger partial charge is 0.537 e. The van der Waals surface area contributed by atoms with E-state index >= 15 is 0 Å². The first kappa shape index (κ1) is 14.7. The first-order valence-electron chi connectivity index (χ1n) is 4.72. The SMILES string of the molecule is CC(C)(CCO)OC(=O)CCOOC(=O)O. The lowest BCUT2D eigenvalue weighted by molar-refractivity contribution is -0.252. The molecule has 7 heteroatoms. The van der Waals surface area contributed by atoms with Gasteiger partial charge in [-0.15, -0.1) is 0 Å². The molecule has 0 amide bonds. The molecule has 0 aromatic heterocycles. The molecule has 7 nitrogen and oxygen atoms in total. The van der Waals surface area contributed by atoms with Crippen molar-refractivity contribution in [2.45, 2.75) is 32.3 Å². The maximum Gasteiger partial charge on any atom is 0.537 e. The van der Waals surface area contributed by atoms with Crippen LogP contribution in [0.5, 0.6) is 0 Å². The van der Waals surface area contributed by atoms with Gasteiger partial charge in [0.25, 0.3) is 0 Å². The zero-order valence-corrected chi connectivity index (χ0v) is 9.26. The number of hydrogen-bond donors (Lipinski definition) is 2. The summed E-state index contributed by atoms with van der Waals surface area (Å²) in [5.41, 5.74) is -0.751. The second kappa shape index (κ2) is 7.02. The molecule has 0 saturated carbocycles. The molecule has 0 heterocycles. The quantitative estimate of drug-likeness (QED) is 0.290. The molecule has 0 saturated heterocycles. The van der Waals surface area contributed by atoms with E-state index in [0.29, 0.717) is 6.42 Å². The molecule has 0 rings (SSSR count). The summed E-state index contributed by atoms with van der Waals surface area (Å²) in [6, 6.07) is 0. The maximum absolute atomic E-state index is 11.2. The molecule has 2 N–H and O–H groups in total. The third-order valence-corrected chi connectivity index (χ3v) is 1.62. The number of carbonyl (C=O) groups is 2. The van der Waals surface area contributed by atoms with Crippen LogP contribution < -0.4 is 0 Å². The number of aliphatic hydroxyl groups excluding tert-OH is 1. The Morgan fingerprint density at radius 3 is 2.44 bits per heavy atom. The smallest absolute Gasteiger partial charge is 0.459 e. The standard InChI is InChI=1S/C9H16O7/c1-9(2,4-5-10)15-7(11)3-6-14-16-8(12)13/h10H,3-6H2,1-2H3,(H,12,13). The molecule has 0 radical (unpaired) electrons. The molecule has 0 aliphatic carbocycles. The first-order valence-corrected chi connectivity index (χ1v) is 4.72.